The van der Waals surface area contributed by atoms with E-state index < -0.39 is 28.9 Å². The normalized spacial score (nSPS) is 12.0. The molecule has 3 aromatic heterocycles. The number of pyridine rings is 1. The van der Waals surface area contributed by atoms with Gasteiger partial charge in [-0.1, -0.05) is 121 Å². The average molecular weight is 747 g/mol. The summed E-state index contributed by atoms with van der Waals surface area (Å²) in [5.41, 5.74) is 7.43. The summed E-state index contributed by atoms with van der Waals surface area (Å²) in [7, 11) is 0. The van der Waals surface area contributed by atoms with Crippen LogP contribution in [-0.2, 0) is 21.6 Å². The molecule has 0 spiro atoms. The third-order valence-electron chi connectivity index (χ3n) is 9.14. The van der Waals surface area contributed by atoms with Crippen molar-refractivity contribution in [3.8, 4) is 11.4 Å². The second-order valence-electron chi connectivity index (χ2n) is 15.6. The van der Waals surface area contributed by atoms with Crippen LogP contribution in [0.15, 0.2) is 152 Å². The minimum atomic E-state index is -0.839. The number of benzene rings is 4. The first-order valence-corrected chi connectivity index (χ1v) is 18.6. The molecule has 0 saturated carbocycles. The topological polar surface area (TPSA) is 104 Å². The Bertz CT molecular complexity index is 2330. The lowest BCUT2D eigenvalue weighted by Gasteiger charge is -2.37. The minimum absolute atomic E-state index is 0.155. The highest BCUT2D eigenvalue weighted by Crippen LogP contribution is 2.42. The quantitative estimate of drug-likeness (QED) is 0.123. The van der Waals surface area contributed by atoms with E-state index in [1.165, 1.54) is 0 Å². The number of hydrogen-bond donors (Lipinski definition) is 1. The molecular formula is C46H46N6O4. The number of hydrogen-bond acceptors (Lipinski definition) is 6. The highest BCUT2D eigenvalue weighted by atomic mass is 16.6. The molecular weight excluding hydrogens is 701 g/mol. The van der Waals surface area contributed by atoms with Gasteiger partial charge in [0.25, 0.3) is 0 Å². The highest BCUT2D eigenvalue weighted by Gasteiger charge is 2.39. The van der Waals surface area contributed by atoms with Gasteiger partial charge in [0.2, 0.25) is 0 Å². The molecule has 2 amide bonds. The maximum Gasteiger partial charge on any atom is 0.435 e. The van der Waals surface area contributed by atoms with Crippen molar-refractivity contribution in [1.82, 2.24) is 24.5 Å². The number of carbonyl (C=O) groups is 2. The van der Waals surface area contributed by atoms with Crippen LogP contribution in [0.2, 0.25) is 0 Å². The summed E-state index contributed by atoms with van der Waals surface area (Å²) < 4.78 is 15.5. The molecule has 7 rings (SSSR count). The molecule has 10 heteroatoms. The molecule has 0 unspecified atom stereocenters. The van der Waals surface area contributed by atoms with Crippen molar-refractivity contribution in [3.05, 3.63) is 174 Å². The molecule has 284 valence electrons. The summed E-state index contributed by atoms with van der Waals surface area (Å²) in [6, 6.07) is 47.1. The fraction of sp³-hybridized carbons (Fsp3) is 0.217. The van der Waals surface area contributed by atoms with Crippen LogP contribution in [0.5, 0.6) is 0 Å². The predicted molar refractivity (Wildman–Crippen MR) is 219 cm³/mol. The number of hydrazine groups is 1. The van der Waals surface area contributed by atoms with Gasteiger partial charge in [0.1, 0.15) is 22.4 Å². The summed E-state index contributed by atoms with van der Waals surface area (Å²) >= 11 is 0. The smallest absolute Gasteiger partial charge is 0.435 e. The van der Waals surface area contributed by atoms with Crippen molar-refractivity contribution >= 4 is 29.0 Å². The van der Waals surface area contributed by atoms with E-state index in [1.54, 1.807) is 47.6 Å². The molecule has 4 aromatic carbocycles. The molecule has 0 fully saturated rings. The number of nitrogens with zero attached hydrogens (tertiary/aromatic N) is 5. The lowest BCUT2D eigenvalue weighted by molar-refractivity contribution is 0.0424. The van der Waals surface area contributed by atoms with Crippen molar-refractivity contribution < 1.29 is 19.1 Å². The first-order chi connectivity index (χ1) is 26.8. The number of aromatic nitrogens is 4. The van der Waals surface area contributed by atoms with Crippen molar-refractivity contribution in [2.45, 2.75) is 64.8 Å². The van der Waals surface area contributed by atoms with Gasteiger partial charge >= 0.3 is 12.2 Å². The van der Waals surface area contributed by atoms with Crippen LogP contribution in [0.4, 0.5) is 15.4 Å². The molecule has 0 aliphatic heterocycles. The van der Waals surface area contributed by atoms with E-state index in [1.807, 2.05) is 54.9 Å². The third kappa shape index (κ3) is 7.91. The van der Waals surface area contributed by atoms with Gasteiger partial charge in [-0.15, -0.1) is 0 Å². The zero-order valence-electron chi connectivity index (χ0n) is 32.5. The number of ether oxygens (including phenoxy) is 2. The number of carbonyl (C=O) groups excluding carboxylic acids is 2. The number of fused-ring (bicyclic) bond motifs is 1. The molecule has 3 heterocycles. The number of amides is 2. The molecule has 0 atom stereocenters. The van der Waals surface area contributed by atoms with Gasteiger partial charge in [-0.3, -0.25) is 0 Å². The standard InChI is InChI=1S/C46H46N6O4/c1-44(2,3)55-42(53)49-52(43(54)56-45(4,5)6)41-28-27-39-37(48-41)29-40(51(39)30-33-19-11-7-12-20-33)38-31-50(32-47-38)46(34-21-13-8-14-22-34,35-23-15-9-16-24-35)36-25-17-10-18-26-36/h7-29,31-32H,30H2,1-6H3,(H,49,53). The van der Waals surface area contributed by atoms with Gasteiger partial charge in [0.05, 0.1) is 23.1 Å². The highest BCUT2D eigenvalue weighted by molar-refractivity contribution is 5.92. The van der Waals surface area contributed by atoms with Crippen LogP contribution in [0, 0.1) is 0 Å². The number of imidazole rings is 1. The maximum atomic E-state index is 13.6. The summed E-state index contributed by atoms with van der Waals surface area (Å²) in [5.74, 6) is 0.155. The van der Waals surface area contributed by atoms with E-state index in [2.05, 4.69) is 106 Å². The van der Waals surface area contributed by atoms with E-state index in [0.717, 1.165) is 44.2 Å². The average Bonchev–Trinajstić information content (AvgIpc) is 3.80. The van der Waals surface area contributed by atoms with Gasteiger partial charge < -0.3 is 18.6 Å². The third-order valence-corrected chi connectivity index (χ3v) is 9.14. The van der Waals surface area contributed by atoms with Gasteiger partial charge in [-0.2, -0.15) is 5.01 Å². The fourth-order valence-electron chi connectivity index (χ4n) is 6.92. The summed E-state index contributed by atoms with van der Waals surface area (Å²) in [4.78, 5) is 36.5. The van der Waals surface area contributed by atoms with Crippen LogP contribution < -0.4 is 10.4 Å². The van der Waals surface area contributed by atoms with E-state index in [-0.39, 0.29) is 5.82 Å². The Labute approximate surface area is 327 Å². The molecule has 0 bridgehead atoms. The first kappa shape index (κ1) is 37.6. The van der Waals surface area contributed by atoms with Crippen molar-refractivity contribution in [2.24, 2.45) is 0 Å². The molecule has 0 saturated heterocycles. The molecule has 1 N–H and O–H groups in total. The van der Waals surface area contributed by atoms with Crippen LogP contribution in [0.3, 0.4) is 0 Å². The van der Waals surface area contributed by atoms with Crippen molar-refractivity contribution in [2.75, 3.05) is 5.01 Å². The van der Waals surface area contributed by atoms with Gasteiger partial charge in [0.15, 0.2) is 5.82 Å². The Morgan fingerprint density at radius 3 is 1.71 bits per heavy atom. The minimum Gasteiger partial charge on any atom is -0.443 e. The second kappa shape index (κ2) is 15.2. The van der Waals surface area contributed by atoms with Crippen LogP contribution >= 0.6 is 0 Å². The van der Waals surface area contributed by atoms with Crippen LogP contribution in [0.1, 0.15) is 63.8 Å². The predicted octanol–water partition coefficient (Wildman–Crippen LogP) is 9.97. The summed E-state index contributed by atoms with van der Waals surface area (Å²) in [6.45, 7) is 11.0. The number of rotatable bonds is 8. The Kier molecular flexibility index (Phi) is 10.2. The van der Waals surface area contributed by atoms with Gasteiger partial charge in [0, 0.05) is 12.7 Å². The van der Waals surface area contributed by atoms with E-state index >= 15 is 0 Å². The molecule has 0 aliphatic carbocycles. The summed E-state index contributed by atoms with van der Waals surface area (Å²) in [5, 5.41) is 0.982. The molecule has 0 aliphatic rings. The monoisotopic (exact) mass is 746 g/mol. The Morgan fingerprint density at radius 2 is 1.20 bits per heavy atom. The van der Waals surface area contributed by atoms with E-state index in [9.17, 15) is 9.59 Å². The summed E-state index contributed by atoms with van der Waals surface area (Å²) in [6.07, 6.45) is 2.34. The maximum absolute atomic E-state index is 13.6. The van der Waals surface area contributed by atoms with Gasteiger partial charge in [-0.25, -0.2) is 25.0 Å². The van der Waals surface area contributed by atoms with E-state index in [0.29, 0.717) is 12.1 Å². The molecule has 10 nitrogen and oxygen atoms in total. The number of nitrogens with one attached hydrogen (secondary N) is 1. The van der Waals surface area contributed by atoms with Gasteiger partial charge in [-0.05, 0) is 82.0 Å². The zero-order valence-corrected chi connectivity index (χ0v) is 32.5. The molecule has 7 aromatic rings. The molecule has 0 radical (unpaired) electrons. The Hall–Kier alpha value is -6.68. The largest absolute Gasteiger partial charge is 0.443 e. The van der Waals surface area contributed by atoms with Crippen LogP contribution in [-0.4, -0.2) is 42.5 Å². The number of anilines is 1. The Morgan fingerprint density at radius 1 is 0.679 bits per heavy atom. The van der Waals surface area contributed by atoms with Crippen molar-refractivity contribution in [1.29, 1.82) is 0 Å². The fourth-order valence-corrected chi connectivity index (χ4v) is 6.92. The first-order valence-electron chi connectivity index (χ1n) is 18.6. The van der Waals surface area contributed by atoms with Crippen LogP contribution in [0.25, 0.3) is 22.4 Å². The Balaban J connectivity index is 1.39. The second-order valence-corrected chi connectivity index (χ2v) is 15.6. The lowest BCUT2D eigenvalue weighted by atomic mass is 9.77. The zero-order chi connectivity index (χ0) is 39.5. The molecule has 56 heavy (non-hydrogen) atoms. The lowest BCUT2D eigenvalue weighted by Crippen LogP contribution is -2.50. The van der Waals surface area contributed by atoms with E-state index in [4.69, 9.17) is 19.4 Å². The van der Waals surface area contributed by atoms with Crippen molar-refractivity contribution in [3.63, 3.8) is 0 Å². The SMILES string of the molecule is CC(C)(C)OC(=O)NN(C(=O)OC(C)(C)C)c1ccc2c(cc(-c3cn(C(c4ccccc4)(c4ccccc4)c4ccccc4)cn3)n2Cc2ccccc2)n1.